The van der Waals surface area contributed by atoms with Crippen LogP contribution in [0.25, 0.3) is 5.65 Å². The van der Waals surface area contributed by atoms with Gasteiger partial charge in [0.05, 0.1) is 20.4 Å². The van der Waals surface area contributed by atoms with Crippen LogP contribution in [-0.2, 0) is 17.8 Å². The summed E-state index contributed by atoms with van der Waals surface area (Å²) in [5, 5.41) is 16.3. The minimum Gasteiger partial charge on any atom is -0.493 e. The number of amides is 1. The Morgan fingerprint density at radius 2 is 2.00 bits per heavy atom. The highest BCUT2D eigenvalue weighted by Crippen LogP contribution is 2.27. The van der Waals surface area contributed by atoms with E-state index >= 15 is 0 Å². The standard InChI is InChI=1S/C21H23N5O3/c1-13-17(14(2)26-21(25-13)16(10-22)12-24-26)6-8-20(27)23-11-15-5-7-18(28-3)19(9-15)29-4/h5,7,9,12H,6,8,11H2,1-4H3,(H,23,27). The zero-order valence-electron chi connectivity index (χ0n) is 16.9. The summed E-state index contributed by atoms with van der Waals surface area (Å²) in [5.74, 6) is 1.22. The molecule has 150 valence electrons. The summed E-state index contributed by atoms with van der Waals surface area (Å²) in [6, 6.07) is 7.64. The Balaban J connectivity index is 1.65. The molecule has 29 heavy (non-hydrogen) atoms. The highest BCUT2D eigenvalue weighted by molar-refractivity contribution is 5.76. The molecule has 1 aromatic carbocycles. The highest BCUT2D eigenvalue weighted by Gasteiger charge is 2.15. The average molecular weight is 393 g/mol. The van der Waals surface area contributed by atoms with Gasteiger partial charge in [-0.2, -0.15) is 10.4 Å². The minimum atomic E-state index is -0.0585. The second-order valence-electron chi connectivity index (χ2n) is 6.63. The van der Waals surface area contributed by atoms with E-state index in [2.05, 4.69) is 21.5 Å². The largest absolute Gasteiger partial charge is 0.493 e. The second-order valence-corrected chi connectivity index (χ2v) is 6.63. The third-order valence-electron chi connectivity index (χ3n) is 4.87. The van der Waals surface area contributed by atoms with Crippen LogP contribution < -0.4 is 14.8 Å². The molecule has 2 aromatic heterocycles. The van der Waals surface area contributed by atoms with E-state index in [1.54, 1.807) is 18.7 Å². The number of hydrogen-bond donors (Lipinski definition) is 1. The van der Waals surface area contributed by atoms with Crippen molar-refractivity contribution in [3.8, 4) is 17.6 Å². The number of carbonyl (C=O) groups is 1. The van der Waals surface area contributed by atoms with Gasteiger partial charge in [-0.3, -0.25) is 4.79 Å². The van der Waals surface area contributed by atoms with Gasteiger partial charge in [-0.25, -0.2) is 9.50 Å². The number of rotatable bonds is 7. The highest BCUT2D eigenvalue weighted by atomic mass is 16.5. The van der Waals surface area contributed by atoms with Gasteiger partial charge in [0.25, 0.3) is 0 Å². The number of nitrogens with one attached hydrogen (secondary N) is 1. The summed E-state index contributed by atoms with van der Waals surface area (Å²) in [7, 11) is 3.16. The fourth-order valence-corrected chi connectivity index (χ4v) is 3.27. The summed E-state index contributed by atoms with van der Waals surface area (Å²) in [4.78, 5) is 16.8. The van der Waals surface area contributed by atoms with E-state index in [4.69, 9.17) is 14.7 Å². The molecule has 3 aromatic rings. The van der Waals surface area contributed by atoms with E-state index in [1.807, 2.05) is 32.0 Å². The molecule has 0 aliphatic rings. The first-order valence-corrected chi connectivity index (χ1v) is 9.20. The van der Waals surface area contributed by atoms with E-state index in [0.29, 0.717) is 42.1 Å². The number of aryl methyl sites for hydroxylation is 2. The van der Waals surface area contributed by atoms with Crippen molar-refractivity contribution in [1.82, 2.24) is 19.9 Å². The molecule has 0 radical (unpaired) electrons. The van der Waals surface area contributed by atoms with Crippen LogP contribution in [0.15, 0.2) is 24.4 Å². The molecule has 0 aliphatic carbocycles. The molecule has 1 N–H and O–H groups in total. The molecular weight excluding hydrogens is 370 g/mol. The van der Waals surface area contributed by atoms with Crippen LogP contribution in [0.1, 0.15) is 34.5 Å². The lowest BCUT2D eigenvalue weighted by atomic mass is 10.1. The number of nitrogens with zero attached hydrogens (tertiary/aromatic N) is 4. The van der Waals surface area contributed by atoms with Crippen molar-refractivity contribution in [1.29, 1.82) is 5.26 Å². The molecule has 0 fully saturated rings. The molecule has 1 amide bonds. The molecule has 0 spiro atoms. The van der Waals surface area contributed by atoms with Gasteiger partial charge in [0.2, 0.25) is 5.91 Å². The summed E-state index contributed by atoms with van der Waals surface area (Å²) in [5.41, 5.74) is 4.57. The molecule has 0 aliphatic heterocycles. The topological polar surface area (TPSA) is 102 Å². The number of aromatic nitrogens is 3. The van der Waals surface area contributed by atoms with Gasteiger partial charge >= 0.3 is 0 Å². The Kier molecular flexibility index (Phi) is 5.98. The van der Waals surface area contributed by atoms with Gasteiger partial charge in [0, 0.05) is 24.4 Å². The van der Waals surface area contributed by atoms with Crippen LogP contribution in [0.5, 0.6) is 11.5 Å². The molecule has 0 bridgehead atoms. The number of fused-ring (bicyclic) bond motifs is 1. The quantitative estimate of drug-likeness (QED) is 0.662. The maximum absolute atomic E-state index is 12.4. The zero-order chi connectivity index (χ0) is 21.0. The molecule has 8 nitrogen and oxygen atoms in total. The predicted molar refractivity (Wildman–Crippen MR) is 107 cm³/mol. The Morgan fingerprint density at radius 1 is 1.24 bits per heavy atom. The number of hydrogen-bond acceptors (Lipinski definition) is 6. The minimum absolute atomic E-state index is 0.0585. The van der Waals surface area contributed by atoms with E-state index in [0.717, 1.165) is 22.5 Å². The zero-order valence-corrected chi connectivity index (χ0v) is 16.9. The normalized spacial score (nSPS) is 10.6. The third kappa shape index (κ3) is 4.14. The van der Waals surface area contributed by atoms with Gasteiger partial charge in [-0.05, 0) is 43.5 Å². The van der Waals surface area contributed by atoms with Crippen LogP contribution in [0.3, 0.4) is 0 Å². The van der Waals surface area contributed by atoms with Crippen LogP contribution >= 0.6 is 0 Å². The summed E-state index contributed by atoms with van der Waals surface area (Å²) < 4.78 is 12.2. The molecule has 2 heterocycles. The molecular formula is C21H23N5O3. The average Bonchev–Trinajstić information content (AvgIpc) is 3.14. The van der Waals surface area contributed by atoms with E-state index < -0.39 is 0 Å². The lowest BCUT2D eigenvalue weighted by molar-refractivity contribution is -0.121. The van der Waals surface area contributed by atoms with E-state index in [-0.39, 0.29) is 5.91 Å². The van der Waals surface area contributed by atoms with Gasteiger partial charge in [0.15, 0.2) is 17.1 Å². The van der Waals surface area contributed by atoms with Crippen molar-refractivity contribution >= 4 is 11.6 Å². The molecule has 3 rings (SSSR count). The number of nitriles is 1. The first-order valence-electron chi connectivity index (χ1n) is 9.20. The van der Waals surface area contributed by atoms with Crippen molar-refractivity contribution in [3.05, 3.63) is 52.5 Å². The first kappa shape index (κ1) is 20.1. The van der Waals surface area contributed by atoms with Crippen LogP contribution in [0.2, 0.25) is 0 Å². The van der Waals surface area contributed by atoms with Gasteiger partial charge in [0.1, 0.15) is 11.6 Å². The Hall–Kier alpha value is -3.60. The summed E-state index contributed by atoms with van der Waals surface area (Å²) in [6.07, 6.45) is 2.38. The van der Waals surface area contributed by atoms with E-state index in [9.17, 15) is 4.79 Å². The molecule has 0 saturated carbocycles. The fourth-order valence-electron chi connectivity index (χ4n) is 3.27. The Morgan fingerprint density at radius 3 is 2.69 bits per heavy atom. The van der Waals surface area contributed by atoms with Crippen molar-refractivity contribution in [2.75, 3.05) is 14.2 Å². The first-order chi connectivity index (χ1) is 14.0. The lowest BCUT2D eigenvalue weighted by Gasteiger charge is -2.12. The van der Waals surface area contributed by atoms with Crippen LogP contribution in [-0.4, -0.2) is 34.7 Å². The number of carbonyl (C=O) groups excluding carboxylic acids is 1. The molecule has 8 heteroatoms. The maximum Gasteiger partial charge on any atom is 0.220 e. The Bertz CT molecular complexity index is 1100. The fraction of sp³-hybridized carbons (Fsp3) is 0.333. The van der Waals surface area contributed by atoms with Crippen LogP contribution in [0, 0.1) is 25.2 Å². The summed E-state index contributed by atoms with van der Waals surface area (Å²) in [6.45, 7) is 4.21. The van der Waals surface area contributed by atoms with Crippen molar-refractivity contribution in [3.63, 3.8) is 0 Å². The second kappa shape index (κ2) is 8.61. The smallest absolute Gasteiger partial charge is 0.220 e. The number of ether oxygens (including phenoxy) is 2. The van der Waals surface area contributed by atoms with Crippen molar-refractivity contribution in [2.45, 2.75) is 33.2 Å². The summed E-state index contributed by atoms with van der Waals surface area (Å²) >= 11 is 0. The molecule has 0 unspecified atom stereocenters. The van der Waals surface area contributed by atoms with Crippen molar-refractivity contribution in [2.24, 2.45) is 0 Å². The maximum atomic E-state index is 12.4. The van der Waals surface area contributed by atoms with Crippen molar-refractivity contribution < 1.29 is 14.3 Å². The van der Waals surface area contributed by atoms with Gasteiger partial charge in [-0.15, -0.1) is 0 Å². The Labute approximate surface area is 169 Å². The lowest BCUT2D eigenvalue weighted by Crippen LogP contribution is -2.23. The predicted octanol–water partition coefficient (Wildman–Crippen LogP) is 2.48. The third-order valence-corrected chi connectivity index (χ3v) is 4.87. The monoisotopic (exact) mass is 393 g/mol. The SMILES string of the molecule is COc1ccc(CNC(=O)CCc2c(C)nc3c(C#N)cnn3c2C)cc1OC. The van der Waals surface area contributed by atoms with Gasteiger partial charge < -0.3 is 14.8 Å². The van der Waals surface area contributed by atoms with Gasteiger partial charge in [-0.1, -0.05) is 6.07 Å². The van der Waals surface area contributed by atoms with Crippen LogP contribution in [0.4, 0.5) is 0 Å². The number of methoxy groups -OCH3 is 2. The molecule has 0 saturated heterocycles. The number of benzene rings is 1. The van der Waals surface area contributed by atoms with E-state index in [1.165, 1.54) is 6.20 Å². The molecule has 0 atom stereocenters.